The van der Waals surface area contributed by atoms with E-state index in [0.717, 1.165) is 56.2 Å². The lowest BCUT2D eigenvalue weighted by molar-refractivity contribution is -0.121. The first-order chi connectivity index (χ1) is 16.1. The lowest BCUT2D eigenvalue weighted by atomic mass is 9.94. The maximum atomic E-state index is 12.6. The molecule has 2 N–H and O–H groups in total. The Balaban J connectivity index is 1.70. The molecule has 1 saturated carbocycles. The van der Waals surface area contributed by atoms with Crippen molar-refractivity contribution in [3.05, 3.63) is 71.7 Å². The molecule has 1 aliphatic rings. The lowest BCUT2D eigenvalue weighted by Crippen LogP contribution is -2.37. The molecular formula is C27H36N4O2. The quantitative estimate of drug-likeness (QED) is 0.248. The molecule has 1 heterocycles. The third kappa shape index (κ3) is 7.82. The molecule has 2 aromatic rings. The second-order valence-corrected chi connectivity index (χ2v) is 8.71. The highest BCUT2D eigenvalue weighted by Gasteiger charge is 2.28. The van der Waals surface area contributed by atoms with Gasteiger partial charge in [0, 0.05) is 25.0 Å². The van der Waals surface area contributed by atoms with Gasteiger partial charge in [0.15, 0.2) is 0 Å². The van der Waals surface area contributed by atoms with Crippen LogP contribution < -0.4 is 5.32 Å². The van der Waals surface area contributed by atoms with Crippen LogP contribution in [0.4, 0.5) is 0 Å². The van der Waals surface area contributed by atoms with E-state index in [-0.39, 0.29) is 25.0 Å². The van der Waals surface area contributed by atoms with E-state index in [1.165, 1.54) is 11.1 Å². The minimum absolute atomic E-state index is 0.0256. The fraction of sp³-hybridized carbons (Fsp3) is 0.444. The zero-order valence-corrected chi connectivity index (χ0v) is 19.6. The Bertz CT molecular complexity index is 941. The van der Waals surface area contributed by atoms with E-state index in [4.69, 9.17) is 0 Å². The molecule has 1 aromatic heterocycles. The van der Waals surface area contributed by atoms with Gasteiger partial charge in [0.25, 0.3) is 0 Å². The van der Waals surface area contributed by atoms with Gasteiger partial charge in [-0.1, -0.05) is 44.4 Å². The number of allylic oxidation sites excluding steroid dienone is 2. The van der Waals surface area contributed by atoms with Crippen molar-refractivity contribution in [1.82, 2.24) is 15.1 Å². The highest BCUT2D eigenvalue weighted by Crippen LogP contribution is 2.41. The van der Waals surface area contributed by atoms with Crippen LogP contribution in [0.25, 0.3) is 5.69 Å². The van der Waals surface area contributed by atoms with Crippen molar-refractivity contribution in [2.24, 2.45) is 10.9 Å². The topological polar surface area (TPSA) is 79.5 Å². The van der Waals surface area contributed by atoms with Gasteiger partial charge >= 0.3 is 0 Å². The second kappa shape index (κ2) is 12.9. The highest BCUT2D eigenvalue weighted by atomic mass is 16.3. The summed E-state index contributed by atoms with van der Waals surface area (Å²) in [6, 6.07) is 10.0. The zero-order valence-electron chi connectivity index (χ0n) is 19.6. The first-order valence-corrected chi connectivity index (χ1v) is 12.0. The number of aliphatic hydroxyl groups is 1. The third-order valence-corrected chi connectivity index (χ3v) is 5.99. The molecule has 1 fully saturated rings. The lowest BCUT2D eigenvalue weighted by Gasteiger charge is -2.16. The summed E-state index contributed by atoms with van der Waals surface area (Å²) in [7, 11) is 0. The van der Waals surface area contributed by atoms with Crippen LogP contribution in [0.2, 0.25) is 0 Å². The van der Waals surface area contributed by atoms with Crippen LogP contribution in [0, 0.1) is 5.92 Å². The molecule has 1 atom stereocenters. The summed E-state index contributed by atoms with van der Waals surface area (Å²) in [6.07, 6.45) is 14.9. The van der Waals surface area contributed by atoms with Gasteiger partial charge in [0.2, 0.25) is 5.91 Å². The SMILES string of the molecule is C=N/C=C(\C(=C/CC(=O)N[C@H](CO)CCCCC)Cc1ccc(-n2cccn2)cc1)C1CC1. The maximum Gasteiger partial charge on any atom is 0.224 e. The fourth-order valence-corrected chi connectivity index (χ4v) is 4.00. The predicted octanol–water partition coefficient (Wildman–Crippen LogP) is 4.78. The molecule has 33 heavy (non-hydrogen) atoms. The summed E-state index contributed by atoms with van der Waals surface area (Å²) in [5.41, 5.74) is 4.48. The molecule has 6 nitrogen and oxygen atoms in total. The van der Waals surface area contributed by atoms with Crippen molar-refractivity contribution in [3.8, 4) is 5.69 Å². The number of amides is 1. The average Bonchev–Trinajstić information content (AvgIpc) is 3.52. The number of rotatable bonds is 14. The Morgan fingerprint density at radius 1 is 1.33 bits per heavy atom. The number of aliphatic hydroxyl groups excluding tert-OH is 1. The Labute approximate surface area is 197 Å². The van der Waals surface area contributed by atoms with E-state index >= 15 is 0 Å². The van der Waals surface area contributed by atoms with Gasteiger partial charge in [-0.25, -0.2) is 4.68 Å². The minimum atomic E-state index is -0.177. The molecule has 1 aliphatic carbocycles. The van der Waals surface area contributed by atoms with Gasteiger partial charge in [0.05, 0.1) is 18.3 Å². The number of aliphatic imine (C=N–C) groups is 1. The fourth-order valence-electron chi connectivity index (χ4n) is 4.00. The van der Waals surface area contributed by atoms with Crippen molar-refractivity contribution < 1.29 is 9.90 Å². The molecule has 0 bridgehead atoms. The van der Waals surface area contributed by atoms with E-state index in [0.29, 0.717) is 5.92 Å². The molecule has 0 unspecified atom stereocenters. The van der Waals surface area contributed by atoms with Gasteiger partial charge in [0.1, 0.15) is 0 Å². The number of aromatic nitrogens is 2. The largest absolute Gasteiger partial charge is 0.394 e. The van der Waals surface area contributed by atoms with Crippen LogP contribution in [0.15, 0.2) is 71.1 Å². The van der Waals surface area contributed by atoms with E-state index < -0.39 is 0 Å². The summed E-state index contributed by atoms with van der Waals surface area (Å²) >= 11 is 0. The smallest absolute Gasteiger partial charge is 0.224 e. The molecule has 0 radical (unpaired) electrons. The monoisotopic (exact) mass is 448 g/mol. The van der Waals surface area contributed by atoms with Crippen LogP contribution in [0.3, 0.4) is 0 Å². The normalized spacial score (nSPS) is 15.3. The van der Waals surface area contributed by atoms with Gasteiger partial charge in [-0.3, -0.25) is 9.79 Å². The minimum Gasteiger partial charge on any atom is -0.394 e. The van der Waals surface area contributed by atoms with E-state index in [2.05, 4.69) is 53.3 Å². The van der Waals surface area contributed by atoms with Crippen LogP contribution in [0.5, 0.6) is 0 Å². The maximum absolute atomic E-state index is 12.6. The van der Waals surface area contributed by atoms with Gasteiger partial charge in [-0.2, -0.15) is 5.10 Å². The number of unbranched alkanes of at least 4 members (excludes halogenated alkanes) is 2. The Kier molecular flexibility index (Phi) is 9.63. The van der Waals surface area contributed by atoms with Gasteiger partial charge < -0.3 is 10.4 Å². The van der Waals surface area contributed by atoms with E-state index in [1.807, 2.05) is 29.2 Å². The molecule has 0 spiro atoms. The number of carbonyl (C=O) groups excluding carboxylic acids is 1. The molecule has 0 aliphatic heterocycles. The number of nitrogens with zero attached hydrogens (tertiary/aromatic N) is 3. The summed E-state index contributed by atoms with van der Waals surface area (Å²) in [6.45, 7) is 5.77. The van der Waals surface area contributed by atoms with Crippen molar-refractivity contribution in [3.63, 3.8) is 0 Å². The molecule has 3 rings (SSSR count). The summed E-state index contributed by atoms with van der Waals surface area (Å²) in [5.74, 6) is 0.436. The first-order valence-electron chi connectivity index (χ1n) is 12.0. The number of carbonyl (C=O) groups is 1. The average molecular weight is 449 g/mol. The molecule has 6 heteroatoms. The van der Waals surface area contributed by atoms with Crippen LogP contribution in [-0.2, 0) is 11.2 Å². The van der Waals surface area contributed by atoms with Crippen LogP contribution in [-0.4, -0.2) is 40.2 Å². The molecule has 1 amide bonds. The van der Waals surface area contributed by atoms with Crippen molar-refractivity contribution in [1.29, 1.82) is 0 Å². The standard InChI is InChI=1S/C27H36N4O2/c1-3-4-5-7-24(20-32)30-27(33)15-12-23(26(19-28-2)22-10-11-22)18-21-8-13-25(14-9-21)31-17-6-16-29-31/h6,8-9,12-14,16-17,19,22,24,32H,2-5,7,10-11,15,18,20H2,1H3,(H,30,33)/b23-12-,26-19-/t24-/m0/s1. The van der Waals surface area contributed by atoms with Crippen molar-refractivity contribution in [2.45, 2.75) is 64.3 Å². The van der Waals surface area contributed by atoms with Gasteiger partial charge in [-0.05, 0) is 73.2 Å². The Hall–Kier alpha value is -2.99. The summed E-state index contributed by atoms with van der Waals surface area (Å²) < 4.78 is 1.83. The van der Waals surface area contributed by atoms with Crippen LogP contribution >= 0.6 is 0 Å². The molecule has 1 aromatic carbocycles. The first kappa shape index (κ1) is 24.6. The Morgan fingerprint density at radius 3 is 2.73 bits per heavy atom. The summed E-state index contributed by atoms with van der Waals surface area (Å²) in [5, 5.41) is 16.9. The van der Waals surface area contributed by atoms with E-state index in [9.17, 15) is 9.90 Å². The predicted molar refractivity (Wildman–Crippen MR) is 133 cm³/mol. The molecular weight excluding hydrogens is 412 g/mol. The summed E-state index contributed by atoms with van der Waals surface area (Å²) in [4.78, 5) is 16.7. The molecule has 176 valence electrons. The highest BCUT2D eigenvalue weighted by molar-refractivity contribution is 5.78. The second-order valence-electron chi connectivity index (χ2n) is 8.71. The number of nitrogens with one attached hydrogen (secondary N) is 1. The third-order valence-electron chi connectivity index (χ3n) is 5.99. The number of hydrogen-bond acceptors (Lipinski definition) is 4. The number of benzene rings is 1. The van der Waals surface area contributed by atoms with Crippen molar-refractivity contribution >= 4 is 12.6 Å². The van der Waals surface area contributed by atoms with E-state index in [1.54, 1.807) is 6.20 Å². The van der Waals surface area contributed by atoms with Crippen molar-refractivity contribution in [2.75, 3.05) is 6.61 Å². The Morgan fingerprint density at radius 2 is 2.12 bits per heavy atom. The number of hydrogen-bond donors (Lipinski definition) is 2. The zero-order chi connectivity index (χ0) is 23.5. The molecule has 0 saturated heterocycles. The van der Waals surface area contributed by atoms with Gasteiger partial charge in [-0.15, -0.1) is 0 Å². The van der Waals surface area contributed by atoms with Crippen LogP contribution in [0.1, 0.15) is 57.4 Å².